The second kappa shape index (κ2) is 11.5. The van der Waals surface area contributed by atoms with Crippen LogP contribution in [0, 0.1) is 6.92 Å². The molecule has 4 rings (SSSR count). The summed E-state index contributed by atoms with van der Waals surface area (Å²) in [7, 11) is 2.79. The van der Waals surface area contributed by atoms with Crippen LogP contribution in [-0.4, -0.2) is 48.6 Å². The Labute approximate surface area is 224 Å². The van der Waals surface area contributed by atoms with Gasteiger partial charge in [-0.25, -0.2) is 9.78 Å². The van der Waals surface area contributed by atoms with Crippen molar-refractivity contribution in [1.82, 2.24) is 4.98 Å². The highest BCUT2D eigenvalue weighted by molar-refractivity contribution is 7.17. The molecule has 1 amide bonds. The maximum Gasteiger partial charge on any atom is 0.350 e. The summed E-state index contributed by atoms with van der Waals surface area (Å²) in [5, 5.41) is 11.5. The van der Waals surface area contributed by atoms with E-state index in [0.29, 0.717) is 34.9 Å². The van der Waals surface area contributed by atoms with Crippen LogP contribution in [0.4, 0.5) is 5.13 Å². The van der Waals surface area contributed by atoms with Gasteiger partial charge in [0, 0.05) is 5.56 Å². The van der Waals surface area contributed by atoms with Gasteiger partial charge in [-0.3, -0.25) is 14.5 Å². The predicted octanol–water partition coefficient (Wildman–Crippen LogP) is 5.05. The van der Waals surface area contributed by atoms with Crippen molar-refractivity contribution in [1.29, 1.82) is 0 Å². The van der Waals surface area contributed by atoms with Crippen LogP contribution >= 0.6 is 11.3 Å². The number of unbranched alkanes of at least 4 members (excludes halogenated alkanes) is 1. The number of hydrogen-bond acceptors (Lipinski definition) is 9. The molecule has 3 aromatic rings. The first-order chi connectivity index (χ1) is 18.3. The first-order valence-corrected chi connectivity index (χ1v) is 12.9. The van der Waals surface area contributed by atoms with Crippen molar-refractivity contribution < 1.29 is 33.7 Å². The normalized spacial score (nSPS) is 16.5. The van der Waals surface area contributed by atoms with Crippen LogP contribution in [0.5, 0.6) is 11.5 Å². The lowest BCUT2D eigenvalue weighted by atomic mass is 9.95. The Morgan fingerprint density at radius 2 is 1.71 bits per heavy atom. The first kappa shape index (κ1) is 26.9. The van der Waals surface area contributed by atoms with E-state index >= 15 is 0 Å². The number of anilines is 1. The van der Waals surface area contributed by atoms with Gasteiger partial charge in [-0.2, -0.15) is 0 Å². The minimum Gasteiger partial charge on any atom is -0.507 e. The fraction of sp³-hybridized carbons (Fsp3) is 0.286. The first-order valence-electron chi connectivity index (χ1n) is 12.0. The van der Waals surface area contributed by atoms with Gasteiger partial charge in [0.05, 0.1) is 38.1 Å². The minimum absolute atomic E-state index is 0.0905. The van der Waals surface area contributed by atoms with Crippen LogP contribution in [0.15, 0.2) is 54.1 Å². The molecule has 1 aliphatic heterocycles. The summed E-state index contributed by atoms with van der Waals surface area (Å²) in [5.41, 5.74) is 1.19. The van der Waals surface area contributed by atoms with Gasteiger partial charge in [0.1, 0.15) is 22.1 Å². The van der Waals surface area contributed by atoms with E-state index in [2.05, 4.69) is 11.9 Å². The molecule has 1 fully saturated rings. The molecule has 1 atom stereocenters. The number of carbonyl (C=O) groups excluding carboxylic acids is 3. The topological polar surface area (TPSA) is 115 Å². The van der Waals surface area contributed by atoms with Crippen molar-refractivity contribution in [2.24, 2.45) is 0 Å². The summed E-state index contributed by atoms with van der Waals surface area (Å²) < 4.78 is 15.8. The summed E-state index contributed by atoms with van der Waals surface area (Å²) >= 11 is 0.944. The number of esters is 1. The minimum atomic E-state index is -0.988. The van der Waals surface area contributed by atoms with E-state index in [1.807, 2.05) is 0 Å². The fourth-order valence-electron chi connectivity index (χ4n) is 4.10. The third-order valence-electron chi connectivity index (χ3n) is 6.13. The van der Waals surface area contributed by atoms with E-state index < -0.39 is 23.7 Å². The lowest BCUT2D eigenvalue weighted by molar-refractivity contribution is -0.132. The number of hydrogen-bond donors (Lipinski definition) is 1. The monoisotopic (exact) mass is 536 g/mol. The zero-order chi connectivity index (χ0) is 27.4. The van der Waals surface area contributed by atoms with Gasteiger partial charge in [0.15, 0.2) is 5.13 Å². The third-order valence-corrected chi connectivity index (χ3v) is 7.27. The molecule has 1 saturated heterocycles. The summed E-state index contributed by atoms with van der Waals surface area (Å²) in [6.07, 6.45) is 1.92. The zero-order valence-corrected chi connectivity index (χ0v) is 22.3. The number of rotatable bonds is 9. The quantitative estimate of drug-likeness (QED) is 0.133. The van der Waals surface area contributed by atoms with E-state index in [4.69, 9.17) is 14.2 Å². The molecule has 0 aliphatic carbocycles. The number of aliphatic hydroxyl groups excluding tert-OH is 1. The highest BCUT2D eigenvalue weighted by Crippen LogP contribution is 2.44. The van der Waals surface area contributed by atoms with Gasteiger partial charge >= 0.3 is 11.9 Å². The second-order valence-corrected chi connectivity index (χ2v) is 9.55. The Kier molecular flexibility index (Phi) is 8.11. The number of thiazole rings is 1. The Bertz CT molecular complexity index is 1380. The van der Waals surface area contributed by atoms with Gasteiger partial charge in [-0.15, -0.1) is 0 Å². The van der Waals surface area contributed by atoms with Crippen LogP contribution < -0.4 is 14.4 Å². The van der Waals surface area contributed by atoms with E-state index in [9.17, 15) is 19.5 Å². The lowest BCUT2D eigenvalue weighted by Gasteiger charge is -2.23. The average Bonchev–Trinajstić information content (AvgIpc) is 3.44. The van der Waals surface area contributed by atoms with Gasteiger partial charge in [-0.05, 0) is 55.3 Å². The Hall–Kier alpha value is -4.18. The standard InChI is InChI=1S/C28H28N2O7S/c1-5-6-15-37-20-13-9-18(10-14-20)23(31)21-22(17-7-11-19(35-3)12-8-17)30(26(33)24(21)32)28-29-16(2)25(38-28)27(34)36-4/h7-14,22,31H,5-6,15H2,1-4H3/t22-/m0/s1. The highest BCUT2D eigenvalue weighted by Gasteiger charge is 2.48. The maximum absolute atomic E-state index is 13.4. The third kappa shape index (κ3) is 5.12. The molecular formula is C28H28N2O7S. The molecule has 9 nitrogen and oxygen atoms in total. The van der Waals surface area contributed by atoms with Crippen LogP contribution in [0.25, 0.3) is 5.76 Å². The maximum atomic E-state index is 13.4. The Balaban J connectivity index is 1.82. The smallest absolute Gasteiger partial charge is 0.350 e. The molecule has 1 aliphatic rings. The molecule has 0 bridgehead atoms. The number of methoxy groups -OCH3 is 2. The molecule has 1 aromatic heterocycles. The van der Waals surface area contributed by atoms with Crippen molar-refractivity contribution >= 4 is 39.9 Å². The Morgan fingerprint density at radius 1 is 1.05 bits per heavy atom. The summed E-state index contributed by atoms with van der Waals surface area (Å²) in [5.74, 6) is -1.42. The van der Waals surface area contributed by atoms with E-state index in [1.54, 1.807) is 55.5 Å². The van der Waals surface area contributed by atoms with Crippen molar-refractivity contribution in [3.63, 3.8) is 0 Å². The molecule has 38 heavy (non-hydrogen) atoms. The summed E-state index contributed by atoms with van der Waals surface area (Å²) in [6, 6.07) is 12.5. The zero-order valence-electron chi connectivity index (χ0n) is 21.5. The molecule has 198 valence electrons. The number of Topliss-reactive ketones (excluding diaryl/α,β-unsaturated/α-hetero) is 1. The highest BCUT2D eigenvalue weighted by atomic mass is 32.1. The Morgan fingerprint density at radius 3 is 2.32 bits per heavy atom. The van der Waals surface area contributed by atoms with Crippen LogP contribution in [0.2, 0.25) is 0 Å². The van der Waals surface area contributed by atoms with Crippen molar-refractivity contribution in [3.8, 4) is 11.5 Å². The van der Waals surface area contributed by atoms with E-state index in [0.717, 1.165) is 24.2 Å². The van der Waals surface area contributed by atoms with Gasteiger partial charge < -0.3 is 19.3 Å². The van der Waals surface area contributed by atoms with Crippen LogP contribution in [0.1, 0.15) is 52.3 Å². The molecule has 2 heterocycles. The number of ketones is 1. The molecule has 0 radical (unpaired) electrons. The fourth-order valence-corrected chi connectivity index (χ4v) is 5.11. The molecule has 0 saturated carbocycles. The number of benzene rings is 2. The molecule has 1 N–H and O–H groups in total. The number of nitrogens with zero attached hydrogens (tertiary/aromatic N) is 2. The predicted molar refractivity (Wildman–Crippen MR) is 143 cm³/mol. The molecule has 2 aromatic carbocycles. The summed E-state index contributed by atoms with van der Waals surface area (Å²) in [4.78, 5) is 44.7. The lowest BCUT2D eigenvalue weighted by Crippen LogP contribution is -2.29. The van der Waals surface area contributed by atoms with Crippen LogP contribution in [-0.2, 0) is 14.3 Å². The van der Waals surface area contributed by atoms with E-state index in [1.165, 1.54) is 19.1 Å². The number of aromatic nitrogens is 1. The van der Waals surface area contributed by atoms with Gasteiger partial charge in [0.25, 0.3) is 5.78 Å². The SMILES string of the molecule is CCCCOc1ccc(C(O)=C2C(=O)C(=O)N(c3nc(C)c(C(=O)OC)s3)[C@H]2c2ccc(OC)cc2)cc1. The van der Waals surface area contributed by atoms with Crippen LogP contribution in [0.3, 0.4) is 0 Å². The number of aryl methyl sites for hydroxylation is 1. The molecular weight excluding hydrogens is 508 g/mol. The molecule has 0 spiro atoms. The van der Waals surface area contributed by atoms with Crippen molar-refractivity contribution in [2.45, 2.75) is 32.7 Å². The van der Waals surface area contributed by atoms with Crippen molar-refractivity contribution in [2.75, 3.05) is 25.7 Å². The van der Waals surface area contributed by atoms with Crippen molar-refractivity contribution in [3.05, 3.63) is 75.8 Å². The second-order valence-electron chi connectivity index (χ2n) is 8.57. The number of aliphatic hydroxyl groups is 1. The van der Waals surface area contributed by atoms with Gasteiger partial charge in [0.2, 0.25) is 0 Å². The van der Waals surface area contributed by atoms with Gasteiger partial charge in [-0.1, -0.05) is 36.8 Å². The number of ether oxygens (including phenoxy) is 3. The molecule has 0 unspecified atom stereocenters. The number of carbonyl (C=O) groups is 3. The van der Waals surface area contributed by atoms with E-state index in [-0.39, 0.29) is 21.3 Å². The molecule has 10 heteroatoms. The largest absolute Gasteiger partial charge is 0.507 e. The number of amides is 1. The summed E-state index contributed by atoms with van der Waals surface area (Å²) in [6.45, 7) is 4.27. The average molecular weight is 537 g/mol.